The molecule has 30 heavy (non-hydrogen) atoms. The number of piperazine rings is 1. The number of aliphatic imine (C=N–C) groups is 1. The van der Waals surface area contributed by atoms with Crippen LogP contribution in [0.3, 0.4) is 0 Å². The number of amides is 1. The van der Waals surface area contributed by atoms with Crippen molar-refractivity contribution in [3.05, 3.63) is 35.4 Å². The second-order valence-electron chi connectivity index (χ2n) is 6.70. The molecule has 1 aliphatic rings. The van der Waals surface area contributed by atoms with E-state index in [-0.39, 0.29) is 36.4 Å². The molecule has 2 rings (SSSR count). The van der Waals surface area contributed by atoms with Gasteiger partial charge in [0.15, 0.2) is 5.96 Å². The number of benzene rings is 1. The van der Waals surface area contributed by atoms with Crippen LogP contribution >= 0.6 is 24.0 Å². The number of hydrogen-bond donors (Lipinski definition) is 2. The molecular weight excluding hydrogens is 514 g/mol. The summed E-state index contributed by atoms with van der Waals surface area (Å²) in [7, 11) is 3.24. The molecule has 0 bridgehead atoms. The molecule has 1 aliphatic heterocycles. The molecule has 0 aromatic heterocycles. The number of carbonyl (C=O) groups is 1. The molecule has 1 saturated heterocycles. The Morgan fingerprint density at radius 1 is 1.13 bits per heavy atom. The van der Waals surface area contributed by atoms with Gasteiger partial charge in [0.25, 0.3) is 0 Å². The summed E-state index contributed by atoms with van der Waals surface area (Å²) in [5.41, 5.74) is 0.217. The molecule has 1 amide bonds. The van der Waals surface area contributed by atoms with Crippen molar-refractivity contribution < 1.29 is 22.7 Å². The van der Waals surface area contributed by atoms with Crippen LogP contribution < -0.4 is 10.6 Å². The fraction of sp³-hybridized carbons (Fsp3) is 0.579. The van der Waals surface area contributed by atoms with Gasteiger partial charge in [-0.3, -0.25) is 14.7 Å². The van der Waals surface area contributed by atoms with Crippen LogP contribution in [0.5, 0.6) is 0 Å². The molecule has 7 nitrogen and oxygen atoms in total. The van der Waals surface area contributed by atoms with Crippen LogP contribution in [0.25, 0.3) is 0 Å². The van der Waals surface area contributed by atoms with E-state index in [1.165, 1.54) is 12.1 Å². The maximum absolute atomic E-state index is 12.7. The number of ether oxygens (including phenoxy) is 1. The zero-order valence-electron chi connectivity index (χ0n) is 17.2. The maximum Gasteiger partial charge on any atom is 0.416 e. The van der Waals surface area contributed by atoms with E-state index in [0.717, 1.165) is 30.8 Å². The van der Waals surface area contributed by atoms with Crippen LogP contribution in [0.4, 0.5) is 13.2 Å². The predicted molar refractivity (Wildman–Crippen MR) is 120 cm³/mol. The Hall–Kier alpha value is -1.60. The van der Waals surface area contributed by atoms with E-state index in [4.69, 9.17) is 4.74 Å². The lowest BCUT2D eigenvalue weighted by atomic mass is 10.1. The number of nitrogens with one attached hydrogen (secondary N) is 2. The van der Waals surface area contributed by atoms with Crippen molar-refractivity contribution in [3.63, 3.8) is 0 Å². The van der Waals surface area contributed by atoms with E-state index in [1.54, 1.807) is 14.2 Å². The first-order valence-electron chi connectivity index (χ1n) is 9.43. The van der Waals surface area contributed by atoms with Crippen LogP contribution in [0, 0.1) is 0 Å². The van der Waals surface area contributed by atoms with Crippen molar-refractivity contribution in [3.8, 4) is 0 Å². The van der Waals surface area contributed by atoms with E-state index in [9.17, 15) is 18.0 Å². The van der Waals surface area contributed by atoms with Crippen molar-refractivity contribution in [2.75, 3.05) is 60.0 Å². The Labute approximate surface area is 192 Å². The minimum Gasteiger partial charge on any atom is -0.383 e. The van der Waals surface area contributed by atoms with Gasteiger partial charge in [0.1, 0.15) is 0 Å². The summed E-state index contributed by atoms with van der Waals surface area (Å²) in [6.07, 6.45) is -4.31. The van der Waals surface area contributed by atoms with Gasteiger partial charge in [-0.25, -0.2) is 0 Å². The van der Waals surface area contributed by atoms with Crippen LogP contribution in [-0.2, 0) is 22.3 Å². The van der Waals surface area contributed by atoms with Gasteiger partial charge in [-0.15, -0.1) is 24.0 Å². The normalized spacial score (nSPS) is 15.5. The van der Waals surface area contributed by atoms with Gasteiger partial charge in [0, 0.05) is 53.4 Å². The zero-order valence-corrected chi connectivity index (χ0v) is 19.5. The average Bonchev–Trinajstić information content (AvgIpc) is 2.69. The van der Waals surface area contributed by atoms with Gasteiger partial charge in [-0.05, 0) is 17.7 Å². The summed E-state index contributed by atoms with van der Waals surface area (Å²) in [4.78, 5) is 20.3. The zero-order chi connectivity index (χ0) is 21.3. The summed E-state index contributed by atoms with van der Waals surface area (Å²) in [6, 6.07) is 5.29. The first-order valence-corrected chi connectivity index (χ1v) is 9.43. The minimum absolute atomic E-state index is 0. The Morgan fingerprint density at radius 3 is 2.30 bits per heavy atom. The van der Waals surface area contributed by atoms with Gasteiger partial charge < -0.3 is 20.3 Å². The number of guanidine groups is 1. The molecule has 170 valence electrons. The van der Waals surface area contributed by atoms with Crippen LogP contribution in [0.15, 0.2) is 29.3 Å². The van der Waals surface area contributed by atoms with Crippen molar-refractivity contribution in [1.29, 1.82) is 0 Å². The molecule has 0 radical (unpaired) electrons. The second kappa shape index (κ2) is 13.0. The lowest BCUT2D eigenvalue weighted by Gasteiger charge is -2.36. The van der Waals surface area contributed by atoms with Crippen molar-refractivity contribution in [2.45, 2.75) is 12.7 Å². The highest BCUT2D eigenvalue weighted by atomic mass is 127. The van der Waals surface area contributed by atoms with Crippen LogP contribution in [0.1, 0.15) is 11.1 Å². The number of carbonyl (C=O) groups excluding carboxylic acids is 1. The lowest BCUT2D eigenvalue weighted by molar-refractivity contribution is -0.137. The fourth-order valence-corrected chi connectivity index (χ4v) is 3.02. The van der Waals surface area contributed by atoms with E-state index in [2.05, 4.69) is 25.4 Å². The predicted octanol–water partition coefficient (Wildman–Crippen LogP) is 1.78. The Bertz CT molecular complexity index is 678. The Balaban J connectivity index is 0.00000450. The maximum atomic E-state index is 12.7. The van der Waals surface area contributed by atoms with E-state index in [1.807, 2.05) is 0 Å². The lowest BCUT2D eigenvalue weighted by Crippen LogP contribution is -2.53. The van der Waals surface area contributed by atoms with Crippen LogP contribution in [0.2, 0.25) is 0 Å². The highest BCUT2D eigenvalue weighted by Crippen LogP contribution is 2.29. The molecule has 11 heteroatoms. The van der Waals surface area contributed by atoms with Gasteiger partial charge >= 0.3 is 6.18 Å². The third-order valence-corrected chi connectivity index (χ3v) is 4.61. The van der Waals surface area contributed by atoms with Gasteiger partial charge in [-0.2, -0.15) is 13.2 Å². The van der Waals surface area contributed by atoms with Crippen molar-refractivity contribution in [1.82, 2.24) is 20.4 Å². The molecule has 1 aromatic carbocycles. The first kappa shape index (κ1) is 26.4. The van der Waals surface area contributed by atoms with E-state index in [0.29, 0.717) is 38.7 Å². The largest absolute Gasteiger partial charge is 0.416 e. The number of halogens is 4. The van der Waals surface area contributed by atoms with Gasteiger partial charge in [0.2, 0.25) is 5.91 Å². The molecule has 1 heterocycles. The number of methoxy groups -OCH3 is 1. The Kier molecular flexibility index (Phi) is 11.4. The summed E-state index contributed by atoms with van der Waals surface area (Å²) >= 11 is 0. The molecule has 1 fully saturated rings. The molecule has 0 spiro atoms. The molecule has 0 unspecified atom stereocenters. The SMILES string of the molecule is CN=C(NCC(=O)NCCOC)N1CCN(Cc2ccc(C(F)(F)F)cc2)CC1.I. The summed E-state index contributed by atoms with van der Waals surface area (Å²) in [6.45, 7) is 4.57. The highest BCUT2D eigenvalue weighted by Gasteiger charge is 2.30. The molecule has 0 aliphatic carbocycles. The van der Waals surface area contributed by atoms with E-state index < -0.39 is 11.7 Å². The topological polar surface area (TPSA) is 69.2 Å². The highest BCUT2D eigenvalue weighted by molar-refractivity contribution is 14.0. The minimum atomic E-state index is -4.31. The van der Waals surface area contributed by atoms with Crippen LogP contribution in [-0.4, -0.2) is 81.7 Å². The van der Waals surface area contributed by atoms with Gasteiger partial charge in [0.05, 0.1) is 18.7 Å². The molecule has 1 aromatic rings. The quantitative estimate of drug-likeness (QED) is 0.238. The molecular formula is C19H29F3IN5O2. The summed E-state index contributed by atoms with van der Waals surface area (Å²) in [5.74, 6) is 0.519. The monoisotopic (exact) mass is 543 g/mol. The number of alkyl halides is 3. The summed E-state index contributed by atoms with van der Waals surface area (Å²) in [5, 5.41) is 5.78. The molecule has 0 atom stereocenters. The fourth-order valence-electron chi connectivity index (χ4n) is 3.02. The van der Waals surface area contributed by atoms with Gasteiger partial charge in [-0.1, -0.05) is 12.1 Å². The molecule has 0 saturated carbocycles. The summed E-state index contributed by atoms with van der Waals surface area (Å²) < 4.78 is 42.9. The average molecular weight is 543 g/mol. The Morgan fingerprint density at radius 2 is 1.77 bits per heavy atom. The van der Waals surface area contributed by atoms with Crippen molar-refractivity contribution >= 4 is 35.8 Å². The first-order chi connectivity index (χ1) is 13.8. The second-order valence-corrected chi connectivity index (χ2v) is 6.70. The number of nitrogens with zero attached hydrogens (tertiary/aromatic N) is 3. The van der Waals surface area contributed by atoms with Crippen molar-refractivity contribution in [2.24, 2.45) is 4.99 Å². The number of hydrogen-bond acceptors (Lipinski definition) is 4. The third-order valence-electron chi connectivity index (χ3n) is 4.61. The molecule has 2 N–H and O–H groups in total. The smallest absolute Gasteiger partial charge is 0.383 e. The standard InChI is InChI=1S/C19H28F3N5O2.HI/c1-23-18(25-13-17(28)24-7-12-29-2)27-10-8-26(9-11-27)14-15-3-5-16(6-4-15)19(20,21)22;/h3-6H,7-14H2,1-2H3,(H,23,25)(H,24,28);1H. The van der Waals surface area contributed by atoms with E-state index >= 15 is 0 Å². The third kappa shape index (κ3) is 8.64. The number of rotatable bonds is 7.